The van der Waals surface area contributed by atoms with Crippen molar-refractivity contribution in [2.75, 3.05) is 19.7 Å². The molecular weight excluding hydrogens is 1000 g/mol. The summed E-state index contributed by atoms with van der Waals surface area (Å²) < 4.78 is 27.9. The van der Waals surface area contributed by atoms with E-state index in [9.17, 15) is 62.6 Å². The zero-order chi connectivity index (χ0) is 55.3. The Balaban J connectivity index is 0.890. The Morgan fingerprint density at radius 2 is 1.46 bits per heavy atom. The molecule has 6 heterocycles. The first-order chi connectivity index (χ1) is 36.1. The minimum Gasteiger partial charge on any atom is -0.489 e. The summed E-state index contributed by atoms with van der Waals surface area (Å²) in [5.41, 5.74) is 0.412. The number of hydrogen-bond acceptors (Lipinski definition) is 17. The van der Waals surface area contributed by atoms with Gasteiger partial charge in [0.15, 0.2) is 17.2 Å². The molecule has 0 spiro atoms. The molecule has 0 aliphatic carbocycles. The van der Waals surface area contributed by atoms with E-state index in [4.69, 9.17) is 19.3 Å². The number of hydroxylamine groups is 2. The first-order valence-corrected chi connectivity index (χ1v) is 24.6. The van der Waals surface area contributed by atoms with Gasteiger partial charge in [0.25, 0.3) is 29.2 Å². The number of esters is 1. The fourth-order valence-electron chi connectivity index (χ4n) is 9.01. The maximum atomic E-state index is 15.6. The summed E-state index contributed by atoms with van der Waals surface area (Å²) in [5.74, 6) is -9.37. The zero-order valence-electron chi connectivity index (χ0n) is 42.1. The molecule has 3 aromatic rings. The van der Waals surface area contributed by atoms with Gasteiger partial charge in [-0.25, -0.2) is 19.0 Å². The number of ether oxygens (including phenoxy) is 2. The normalized spacial score (nSPS) is 18.0. The van der Waals surface area contributed by atoms with Crippen molar-refractivity contribution in [2.45, 2.75) is 129 Å². The smallest absolute Gasteiger partial charge is 0.343 e. The largest absolute Gasteiger partial charge is 0.489 e. The molecule has 1 fully saturated rings. The number of cyclic esters (lactones) is 1. The number of benzene rings is 1. The van der Waals surface area contributed by atoms with E-state index in [1.54, 1.807) is 13.0 Å². The third kappa shape index (κ3) is 11.6. The highest BCUT2D eigenvalue weighted by Gasteiger charge is 2.46. The molecule has 0 radical (unpaired) electrons. The number of halogens is 1. The van der Waals surface area contributed by atoms with Gasteiger partial charge in [-0.2, -0.15) is 0 Å². The van der Waals surface area contributed by atoms with Gasteiger partial charge in [0.1, 0.15) is 37.4 Å². The number of pyridine rings is 2. The van der Waals surface area contributed by atoms with Crippen LogP contribution in [0.1, 0.15) is 102 Å². The molecular formula is C50H56FN9O16. The Hall–Kier alpha value is -8.42. The molecule has 4 aliphatic rings. The summed E-state index contributed by atoms with van der Waals surface area (Å²) in [6.07, 6.45) is 1.05. The highest BCUT2D eigenvalue weighted by Crippen LogP contribution is 2.41. The number of rotatable bonds is 22. The number of aliphatic hydroxyl groups is 1. The van der Waals surface area contributed by atoms with Crippen molar-refractivity contribution in [1.29, 1.82) is 0 Å². The van der Waals surface area contributed by atoms with Crippen LogP contribution in [0.25, 0.3) is 22.3 Å². The standard InChI is InChI=1S/C50H56FN9O16/c1-6-27-28-19-36(32(51)21-34(28)57-43-29(27)22-59-35(43)20-31-30(48(59)71)23-75-49(72)50(31,73)7-2)74-18-16-52-44(67)24(3)53-45(68)25(4)54-46(69)26(5)55-47(70)33(10-15-42(66)76-60-40(64)13-14-41(60)65)56-37(61)9-8-17-58-38(62)11-12-39(58)63/h11-12,19-21,24-26,33,73H,6-10,13-18,22-23H2,1-5H3,(H,52,67)(H,53,68)(H,54,69)(H,55,70)(H,56,61)/t24-,25-,26-,33-,50-/m0/s1. The summed E-state index contributed by atoms with van der Waals surface area (Å²) in [4.78, 5) is 162. The minimum atomic E-state index is -2.01. The predicted molar refractivity (Wildman–Crippen MR) is 259 cm³/mol. The molecule has 0 saturated carbocycles. The average Bonchev–Trinajstić information content (AvgIpc) is 4.04. The number of amides is 9. The topological polar surface area (TPSA) is 337 Å². The number of carbonyl (C=O) groups excluding carboxylic acids is 11. The third-order valence-electron chi connectivity index (χ3n) is 13.3. The number of aryl methyl sites for hydroxylation is 1. The monoisotopic (exact) mass is 1060 g/mol. The van der Waals surface area contributed by atoms with Gasteiger partial charge in [0.05, 0.1) is 42.0 Å². The van der Waals surface area contributed by atoms with Crippen molar-refractivity contribution < 1.29 is 76.5 Å². The number of imide groups is 2. The molecule has 0 unspecified atom stereocenters. The summed E-state index contributed by atoms with van der Waals surface area (Å²) in [7, 11) is 0. The molecule has 404 valence electrons. The van der Waals surface area contributed by atoms with E-state index in [-0.39, 0.29) is 87.3 Å². The van der Waals surface area contributed by atoms with Crippen LogP contribution in [0.15, 0.2) is 35.1 Å². The number of carbonyl (C=O) groups is 11. The third-order valence-corrected chi connectivity index (χ3v) is 13.3. The van der Waals surface area contributed by atoms with Crippen molar-refractivity contribution in [3.8, 4) is 17.1 Å². The van der Waals surface area contributed by atoms with Crippen molar-refractivity contribution in [3.05, 3.63) is 68.8 Å². The number of nitrogens with one attached hydrogen (secondary N) is 5. The van der Waals surface area contributed by atoms with Gasteiger partial charge in [-0.15, -0.1) is 5.06 Å². The quantitative estimate of drug-likeness (QED) is 0.0324. The molecule has 2 aromatic heterocycles. The fraction of sp³-hybridized carbons (Fsp3) is 0.460. The van der Waals surface area contributed by atoms with Gasteiger partial charge in [-0.3, -0.25) is 52.8 Å². The van der Waals surface area contributed by atoms with Crippen LogP contribution < -0.4 is 36.9 Å². The van der Waals surface area contributed by atoms with E-state index < -0.39 is 119 Å². The molecule has 0 bridgehead atoms. The SMILES string of the molecule is CCc1c2c(nc3cc(F)c(OCCNC(=O)[C@H](C)NC(=O)[C@H](C)NC(=O)[C@H](C)NC(=O)[C@H](CCC(=O)ON4C(=O)CCC4=O)NC(=O)CCCN4C(=O)C=CC4=O)cc13)-c1cc3c(c(=O)n1C2)COC(=O)[C@]3(O)CC. The molecule has 7 rings (SSSR count). The maximum absolute atomic E-state index is 15.6. The molecule has 26 heteroatoms. The second-order valence-electron chi connectivity index (χ2n) is 18.5. The second kappa shape index (κ2) is 23.0. The van der Waals surface area contributed by atoms with Crippen LogP contribution in [0, 0.1) is 5.82 Å². The maximum Gasteiger partial charge on any atom is 0.343 e. The molecule has 25 nitrogen and oxygen atoms in total. The van der Waals surface area contributed by atoms with Crippen molar-refractivity contribution in [2.24, 2.45) is 0 Å². The van der Waals surface area contributed by atoms with Crippen LogP contribution >= 0.6 is 0 Å². The molecule has 5 atom stereocenters. The molecule has 4 aliphatic heterocycles. The van der Waals surface area contributed by atoms with E-state index in [1.165, 1.54) is 37.5 Å². The van der Waals surface area contributed by atoms with Gasteiger partial charge in [0, 0.05) is 60.5 Å². The fourth-order valence-corrected chi connectivity index (χ4v) is 9.01. The van der Waals surface area contributed by atoms with Gasteiger partial charge in [-0.05, 0) is 64.2 Å². The lowest BCUT2D eigenvalue weighted by molar-refractivity contribution is -0.197. The highest BCUT2D eigenvalue weighted by molar-refractivity contribution is 6.13. The van der Waals surface area contributed by atoms with Gasteiger partial charge in [-0.1, -0.05) is 13.8 Å². The lowest BCUT2D eigenvalue weighted by Gasteiger charge is -2.31. The van der Waals surface area contributed by atoms with Crippen LogP contribution in [0.4, 0.5) is 4.39 Å². The van der Waals surface area contributed by atoms with E-state index in [1.807, 2.05) is 6.92 Å². The highest BCUT2D eigenvalue weighted by atomic mass is 19.1. The lowest BCUT2D eigenvalue weighted by Crippen LogP contribution is -2.56. The van der Waals surface area contributed by atoms with Gasteiger partial charge in [0.2, 0.25) is 29.5 Å². The van der Waals surface area contributed by atoms with Crippen molar-refractivity contribution in [3.63, 3.8) is 0 Å². The number of fused-ring (bicyclic) bond motifs is 5. The molecule has 9 amide bonds. The Kier molecular flexibility index (Phi) is 16.7. The van der Waals surface area contributed by atoms with Crippen LogP contribution in [0.5, 0.6) is 5.75 Å². The molecule has 1 aromatic carbocycles. The van der Waals surface area contributed by atoms with Gasteiger partial charge >= 0.3 is 11.9 Å². The Bertz CT molecular complexity index is 3030. The second-order valence-corrected chi connectivity index (χ2v) is 18.5. The van der Waals surface area contributed by atoms with E-state index in [0.29, 0.717) is 33.8 Å². The number of nitrogens with zero attached hydrogens (tertiary/aromatic N) is 4. The van der Waals surface area contributed by atoms with E-state index in [2.05, 4.69) is 26.6 Å². The Morgan fingerprint density at radius 1 is 0.829 bits per heavy atom. The first-order valence-electron chi connectivity index (χ1n) is 24.6. The molecule has 6 N–H and O–H groups in total. The zero-order valence-corrected chi connectivity index (χ0v) is 42.1. The van der Waals surface area contributed by atoms with Crippen LogP contribution in [-0.2, 0) is 87.5 Å². The van der Waals surface area contributed by atoms with Crippen molar-refractivity contribution in [1.82, 2.24) is 46.1 Å². The summed E-state index contributed by atoms with van der Waals surface area (Å²) in [5, 5.41) is 24.4. The number of aromatic nitrogens is 2. The van der Waals surface area contributed by atoms with E-state index >= 15 is 4.39 Å². The average molecular weight is 1060 g/mol. The molecule has 76 heavy (non-hydrogen) atoms. The van der Waals surface area contributed by atoms with Crippen LogP contribution in [0.3, 0.4) is 0 Å². The summed E-state index contributed by atoms with van der Waals surface area (Å²) >= 11 is 0. The van der Waals surface area contributed by atoms with Gasteiger partial charge < -0.3 is 50.6 Å². The predicted octanol–water partition coefficient (Wildman–Crippen LogP) is -0.632. The van der Waals surface area contributed by atoms with Crippen LogP contribution in [-0.4, -0.2) is 134 Å². The summed E-state index contributed by atoms with van der Waals surface area (Å²) in [6, 6.07) is -0.956. The first kappa shape index (κ1) is 55.3. The van der Waals surface area contributed by atoms with E-state index in [0.717, 1.165) is 22.6 Å². The molecule has 1 saturated heterocycles. The Labute approximate surface area is 432 Å². The minimum absolute atomic E-state index is 0.0195. The lowest BCUT2D eigenvalue weighted by atomic mass is 9.86. The number of hydrogen-bond donors (Lipinski definition) is 6. The summed E-state index contributed by atoms with van der Waals surface area (Å²) in [6.45, 7) is 6.88. The van der Waals surface area contributed by atoms with Crippen molar-refractivity contribution >= 4 is 76.0 Å². The van der Waals surface area contributed by atoms with Crippen LogP contribution in [0.2, 0.25) is 0 Å². The Morgan fingerprint density at radius 3 is 2.09 bits per heavy atom.